The molecule has 0 saturated heterocycles. The summed E-state index contributed by atoms with van der Waals surface area (Å²) in [7, 11) is 4.64. The fourth-order valence-electron chi connectivity index (χ4n) is 1.77. The predicted molar refractivity (Wildman–Crippen MR) is 62.0 cm³/mol. The van der Waals surface area contributed by atoms with Crippen molar-refractivity contribution in [1.29, 1.82) is 0 Å². The number of hydrogen-bond acceptors (Lipinski definition) is 0. The zero-order chi connectivity index (χ0) is 11.1. The van der Waals surface area contributed by atoms with E-state index in [9.17, 15) is 0 Å². The monoisotopic (exact) mass is 250 g/mol. The summed E-state index contributed by atoms with van der Waals surface area (Å²) in [6.45, 7) is 7.00. The van der Waals surface area contributed by atoms with E-state index in [1.54, 1.807) is 0 Å². The molecule has 0 amide bonds. The van der Waals surface area contributed by atoms with Gasteiger partial charge in [-0.1, -0.05) is 64.2 Å². The first-order chi connectivity index (χ1) is 7.00. The average Bonchev–Trinajstić information content (AvgIpc) is 3.01. The summed E-state index contributed by atoms with van der Waals surface area (Å²) < 4.78 is 0. The van der Waals surface area contributed by atoms with Gasteiger partial charge >= 0.3 is 28.7 Å². The van der Waals surface area contributed by atoms with Crippen molar-refractivity contribution in [3.8, 4) is 0 Å². The summed E-state index contributed by atoms with van der Waals surface area (Å²) in [6, 6.07) is 0. The van der Waals surface area contributed by atoms with Gasteiger partial charge in [0.25, 0.3) is 0 Å². The number of rotatable bonds is 0. The van der Waals surface area contributed by atoms with Crippen LogP contribution < -0.4 is 0 Å². The van der Waals surface area contributed by atoms with Crippen LogP contribution in [0.25, 0.3) is 0 Å². The normalized spacial score (nSPS) is 17.9. The molecule has 14 heavy (non-hydrogen) atoms. The summed E-state index contributed by atoms with van der Waals surface area (Å²) in [5.41, 5.74) is 0. The second-order valence-corrected chi connectivity index (χ2v) is 3.54. The molecule has 2 saturated carbocycles. The second kappa shape index (κ2) is 19.3. The van der Waals surface area contributed by atoms with E-state index in [1.165, 1.54) is 83.6 Å². The SMILES string of the molecule is C1CCCC1.C1CCCC1.[CH-]=C.[Cl][Ti+3]. The average molecular weight is 251 g/mol. The topological polar surface area (TPSA) is 0 Å². The minimum atomic E-state index is 1.47. The van der Waals surface area contributed by atoms with E-state index in [4.69, 9.17) is 0 Å². The van der Waals surface area contributed by atoms with Gasteiger partial charge in [-0.05, 0) is 0 Å². The van der Waals surface area contributed by atoms with Crippen molar-refractivity contribution in [3.05, 3.63) is 13.2 Å². The molecule has 2 heteroatoms. The van der Waals surface area contributed by atoms with Gasteiger partial charge in [-0.25, -0.2) is 0 Å². The molecule has 0 aromatic heterocycles. The molecule has 0 aliphatic heterocycles. The number of hydrogen-bond donors (Lipinski definition) is 0. The summed E-state index contributed by atoms with van der Waals surface area (Å²) in [6.07, 6.45) is 15.0. The Morgan fingerprint density at radius 1 is 0.571 bits per heavy atom. The van der Waals surface area contributed by atoms with Crippen LogP contribution in [0.2, 0.25) is 0 Å². The molecule has 2 fully saturated rings. The van der Waals surface area contributed by atoms with Crippen LogP contribution in [0, 0.1) is 6.58 Å². The Morgan fingerprint density at radius 2 is 0.643 bits per heavy atom. The molecule has 0 nitrogen and oxygen atoms in total. The molecule has 80 valence electrons. The van der Waals surface area contributed by atoms with Gasteiger partial charge in [0.15, 0.2) is 0 Å². The maximum atomic E-state index is 4.64. The molecular weight excluding hydrogens is 227 g/mol. The quantitative estimate of drug-likeness (QED) is 0.410. The fourth-order valence-corrected chi connectivity index (χ4v) is 1.77. The van der Waals surface area contributed by atoms with Crippen LogP contribution in [0.4, 0.5) is 0 Å². The minimum absolute atomic E-state index is 1.47. The van der Waals surface area contributed by atoms with Crippen LogP contribution in [0.5, 0.6) is 0 Å². The van der Waals surface area contributed by atoms with Crippen molar-refractivity contribution >= 4 is 9.30 Å². The zero-order valence-electron chi connectivity index (χ0n) is 9.23. The fraction of sp³-hybridized carbons (Fsp3) is 0.833. The van der Waals surface area contributed by atoms with Gasteiger partial charge < -0.3 is 6.58 Å². The molecule has 0 heterocycles. The van der Waals surface area contributed by atoms with E-state index >= 15 is 0 Å². The van der Waals surface area contributed by atoms with Gasteiger partial charge in [0.05, 0.1) is 0 Å². The Labute approximate surface area is 106 Å². The third kappa shape index (κ3) is 15.2. The van der Waals surface area contributed by atoms with Crippen molar-refractivity contribution in [2.45, 2.75) is 64.2 Å². The standard InChI is InChI=1S/2C5H10.C2H3.ClH.Ti/c2*1-2-4-5-3-1;1-2;;/h2*1-5H2;1H,2H2;1H;/q;;-1;;+4/p-1. The van der Waals surface area contributed by atoms with Crippen LogP contribution in [0.15, 0.2) is 6.58 Å². The van der Waals surface area contributed by atoms with Crippen molar-refractivity contribution in [2.24, 2.45) is 0 Å². The van der Waals surface area contributed by atoms with E-state index in [0.717, 1.165) is 0 Å². The molecule has 0 aromatic rings. The van der Waals surface area contributed by atoms with Gasteiger partial charge in [0.2, 0.25) is 0 Å². The molecular formula is C12H23ClTi+2. The van der Waals surface area contributed by atoms with Gasteiger partial charge in [-0.3, -0.25) is 6.58 Å². The first kappa shape index (κ1) is 17.1. The third-order valence-electron chi connectivity index (χ3n) is 2.50. The first-order valence-electron chi connectivity index (χ1n) is 5.60. The molecule has 2 rings (SSSR count). The summed E-state index contributed by atoms with van der Waals surface area (Å²) in [5.74, 6) is 0. The van der Waals surface area contributed by atoms with Crippen LogP contribution in [-0.2, 0) is 19.4 Å². The van der Waals surface area contributed by atoms with Crippen molar-refractivity contribution < 1.29 is 19.4 Å². The molecule has 2 aliphatic rings. The molecule has 0 aromatic carbocycles. The summed E-state index contributed by atoms with van der Waals surface area (Å²) >= 11 is 1.47. The Balaban J connectivity index is 0. The maximum absolute atomic E-state index is 4.64. The summed E-state index contributed by atoms with van der Waals surface area (Å²) in [4.78, 5) is 0. The van der Waals surface area contributed by atoms with E-state index in [-0.39, 0.29) is 0 Å². The van der Waals surface area contributed by atoms with Crippen LogP contribution in [0.1, 0.15) is 64.2 Å². The first-order valence-corrected chi connectivity index (χ1v) is 7.75. The molecule has 0 spiro atoms. The molecule has 0 bridgehead atoms. The van der Waals surface area contributed by atoms with Crippen molar-refractivity contribution in [3.63, 3.8) is 0 Å². The predicted octanol–water partition coefficient (Wildman–Crippen LogP) is 5.19. The Morgan fingerprint density at radius 3 is 0.714 bits per heavy atom. The van der Waals surface area contributed by atoms with E-state index in [2.05, 4.69) is 22.5 Å². The van der Waals surface area contributed by atoms with Gasteiger partial charge in [0.1, 0.15) is 0 Å². The molecule has 0 unspecified atom stereocenters. The van der Waals surface area contributed by atoms with Crippen LogP contribution in [-0.4, -0.2) is 0 Å². The van der Waals surface area contributed by atoms with Crippen molar-refractivity contribution in [2.75, 3.05) is 0 Å². The van der Waals surface area contributed by atoms with Gasteiger partial charge in [-0.15, -0.1) is 0 Å². The molecule has 0 N–H and O–H groups in total. The Kier molecular flexibility index (Phi) is 23.7. The van der Waals surface area contributed by atoms with Crippen molar-refractivity contribution in [1.82, 2.24) is 0 Å². The van der Waals surface area contributed by atoms with Crippen LogP contribution >= 0.6 is 9.30 Å². The van der Waals surface area contributed by atoms with E-state index in [0.29, 0.717) is 0 Å². The van der Waals surface area contributed by atoms with E-state index < -0.39 is 0 Å². The zero-order valence-corrected chi connectivity index (χ0v) is 11.6. The number of halogens is 1. The Bertz CT molecular complexity index is 53.2. The Hall–Kier alpha value is 0.744. The molecule has 0 radical (unpaired) electrons. The molecule has 2 aliphatic carbocycles. The second-order valence-electron chi connectivity index (χ2n) is 3.54. The van der Waals surface area contributed by atoms with Gasteiger partial charge in [-0.2, -0.15) is 0 Å². The van der Waals surface area contributed by atoms with E-state index in [1.807, 2.05) is 0 Å². The summed E-state index contributed by atoms with van der Waals surface area (Å²) in [5, 5.41) is 0. The third-order valence-corrected chi connectivity index (χ3v) is 2.50. The molecule has 0 atom stereocenters. The van der Waals surface area contributed by atoms with Crippen LogP contribution in [0.3, 0.4) is 0 Å². The van der Waals surface area contributed by atoms with Gasteiger partial charge in [0, 0.05) is 0 Å².